The lowest BCUT2D eigenvalue weighted by Crippen LogP contribution is -2.45. The number of hydrogen-bond acceptors (Lipinski definition) is 4. The van der Waals surface area contributed by atoms with Crippen LogP contribution in [-0.2, 0) is 10.0 Å². The van der Waals surface area contributed by atoms with E-state index in [2.05, 4.69) is 15.6 Å². The summed E-state index contributed by atoms with van der Waals surface area (Å²) >= 11 is 5.87. The summed E-state index contributed by atoms with van der Waals surface area (Å²) in [5.74, 6) is 1.92. The van der Waals surface area contributed by atoms with Gasteiger partial charge >= 0.3 is 0 Å². The van der Waals surface area contributed by atoms with Crippen molar-refractivity contribution in [2.24, 2.45) is 10.9 Å². The Kier molecular flexibility index (Phi) is 8.19. The molecule has 0 radical (unpaired) electrons. The van der Waals surface area contributed by atoms with Crippen LogP contribution >= 0.6 is 11.6 Å². The summed E-state index contributed by atoms with van der Waals surface area (Å²) < 4.78 is 30.5. The summed E-state index contributed by atoms with van der Waals surface area (Å²) in [5.41, 5.74) is 0. The number of ether oxygens (including phenoxy) is 1. The van der Waals surface area contributed by atoms with Gasteiger partial charge in [0.2, 0.25) is 10.0 Å². The molecular formula is C18H29ClN4O3S. The summed E-state index contributed by atoms with van der Waals surface area (Å²) in [4.78, 5) is 4.23. The highest BCUT2D eigenvalue weighted by Gasteiger charge is 2.24. The molecule has 7 nitrogen and oxygen atoms in total. The Hall–Kier alpha value is -1.51. The van der Waals surface area contributed by atoms with Gasteiger partial charge in [0.25, 0.3) is 0 Å². The third-order valence-electron chi connectivity index (χ3n) is 4.53. The maximum atomic E-state index is 11.6. The van der Waals surface area contributed by atoms with E-state index in [-0.39, 0.29) is 6.10 Å². The van der Waals surface area contributed by atoms with Crippen molar-refractivity contribution >= 4 is 27.6 Å². The number of guanidine groups is 1. The van der Waals surface area contributed by atoms with Crippen molar-refractivity contribution in [2.75, 3.05) is 39.5 Å². The average Bonchev–Trinajstić information content (AvgIpc) is 2.63. The summed E-state index contributed by atoms with van der Waals surface area (Å²) in [6.45, 7) is 4.53. The maximum absolute atomic E-state index is 11.6. The Labute approximate surface area is 167 Å². The first kappa shape index (κ1) is 21.8. The van der Waals surface area contributed by atoms with Crippen LogP contribution in [0.3, 0.4) is 0 Å². The lowest BCUT2D eigenvalue weighted by Gasteiger charge is -2.30. The van der Waals surface area contributed by atoms with Crippen LogP contribution in [-0.4, -0.2) is 64.3 Å². The van der Waals surface area contributed by atoms with Gasteiger partial charge in [-0.25, -0.2) is 12.7 Å². The van der Waals surface area contributed by atoms with Gasteiger partial charge in [-0.15, -0.1) is 0 Å². The number of nitrogens with one attached hydrogen (secondary N) is 2. The van der Waals surface area contributed by atoms with E-state index in [0.29, 0.717) is 36.5 Å². The van der Waals surface area contributed by atoms with Crippen molar-refractivity contribution in [3.05, 3.63) is 29.3 Å². The molecule has 2 N–H and O–H groups in total. The highest BCUT2D eigenvalue weighted by molar-refractivity contribution is 7.88. The van der Waals surface area contributed by atoms with Crippen molar-refractivity contribution in [2.45, 2.75) is 25.9 Å². The molecular weight excluding hydrogens is 388 g/mol. The van der Waals surface area contributed by atoms with Gasteiger partial charge in [0.05, 0.1) is 12.8 Å². The highest BCUT2D eigenvalue weighted by atomic mass is 35.5. The molecule has 0 saturated carbocycles. The minimum atomic E-state index is -3.08. The normalized spacial score (nSPS) is 18.1. The van der Waals surface area contributed by atoms with Crippen molar-refractivity contribution in [1.29, 1.82) is 0 Å². The first-order valence-corrected chi connectivity index (χ1v) is 11.3. The Morgan fingerprint density at radius 2 is 1.93 bits per heavy atom. The number of sulfonamides is 1. The van der Waals surface area contributed by atoms with E-state index < -0.39 is 10.0 Å². The van der Waals surface area contributed by atoms with Crippen LogP contribution in [0.4, 0.5) is 0 Å². The van der Waals surface area contributed by atoms with Gasteiger partial charge in [-0.2, -0.15) is 0 Å². The van der Waals surface area contributed by atoms with E-state index in [0.717, 1.165) is 25.1 Å². The highest BCUT2D eigenvalue weighted by Crippen LogP contribution is 2.18. The molecule has 1 saturated heterocycles. The van der Waals surface area contributed by atoms with Crippen LogP contribution in [0.15, 0.2) is 29.3 Å². The van der Waals surface area contributed by atoms with Crippen LogP contribution in [0.1, 0.15) is 19.8 Å². The Bertz CT molecular complexity index is 717. The van der Waals surface area contributed by atoms with Gasteiger partial charge in [0.1, 0.15) is 11.9 Å². The zero-order chi connectivity index (χ0) is 19.9. The smallest absolute Gasteiger partial charge is 0.211 e. The molecule has 1 aliphatic heterocycles. The van der Waals surface area contributed by atoms with Gasteiger partial charge in [-0.1, -0.05) is 11.6 Å². The lowest BCUT2D eigenvalue weighted by molar-refractivity contribution is 0.223. The second-order valence-corrected chi connectivity index (χ2v) is 9.24. The molecule has 1 aliphatic rings. The Morgan fingerprint density at radius 1 is 1.30 bits per heavy atom. The molecule has 1 fully saturated rings. The first-order chi connectivity index (χ1) is 12.8. The molecule has 0 amide bonds. The van der Waals surface area contributed by atoms with E-state index in [9.17, 15) is 8.42 Å². The minimum absolute atomic E-state index is 0.0391. The van der Waals surface area contributed by atoms with E-state index in [1.807, 2.05) is 19.1 Å². The van der Waals surface area contributed by atoms with Gasteiger partial charge in [-0.05, 0) is 49.9 Å². The summed E-state index contributed by atoms with van der Waals surface area (Å²) in [6, 6.07) is 7.28. The molecule has 152 valence electrons. The van der Waals surface area contributed by atoms with Crippen LogP contribution < -0.4 is 15.4 Å². The predicted molar refractivity (Wildman–Crippen MR) is 110 cm³/mol. The lowest BCUT2D eigenvalue weighted by atomic mass is 9.98. The third-order valence-corrected chi connectivity index (χ3v) is 6.09. The molecule has 1 atom stereocenters. The van der Waals surface area contributed by atoms with Gasteiger partial charge in [-0.3, -0.25) is 4.99 Å². The Morgan fingerprint density at radius 3 is 2.48 bits per heavy atom. The van der Waals surface area contributed by atoms with Crippen molar-refractivity contribution in [3.8, 4) is 5.75 Å². The zero-order valence-electron chi connectivity index (χ0n) is 16.1. The summed E-state index contributed by atoms with van der Waals surface area (Å²) in [5, 5.41) is 7.25. The predicted octanol–water partition coefficient (Wildman–Crippen LogP) is 1.94. The molecule has 1 heterocycles. The van der Waals surface area contributed by atoms with Gasteiger partial charge in [0, 0.05) is 31.7 Å². The molecule has 0 bridgehead atoms. The van der Waals surface area contributed by atoms with Crippen LogP contribution in [0.5, 0.6) is 5.75 Å². The fourth-order valence-electron chi connectivity index (χ4n) is 2.93. The molecule has 0 spiro atoms. The number of piperidine rings is 1. The monoisotopic (exact) mass is 416 g/mol. The number of halogens is 1. The largest absolute Gasteiger partial charge is 0.489 e. The van der Waals surface area contributed by atoms with E-state index in [1.54, 1.807) is 23.5 Å². The summed E-state index contributed by atoms with van der Waals surface area (Å²) in [6.07, 6.45) is 2.94. The Balaban J connectivity index is 1.69. The zero-order valence-corrected chi connectivity index (χ0v) is 17.7. The second kappa shape index (κ2) is 10.1. The van der Waals surface area contributed by atoms with Crippen molar-refractivity contribution in [3.63, 3.8) is 0 Å². The fraction of sp³-hybridized carbons (Fsp3) is 0.611. The van der Waals surface area contributed by atoms with Gasteiger partial charge < -0.3 is 15.4 Å². The van der Waals surface area contributed by atoms with Crippen LogP contribution in [0, 0.1) is 5.92 Å². The van der Waals surface area contributed by atoms with E-state index in [4.69, 9.17) is 16.3 Å². The van der Waals surface area contributed by atoms with Crippen molar-refractivity contribution < 1.29 is 13.2 Å². The molecule has 9 heteroatoms. The fourth-order valence-corrected chi connectivity index (χ4v) is 3.93. The minimum Gasteiger partial charge on any atom is -0.489 e. The quantitative estimate of drug-likeness (QED) is 0.524. The SMILES string of the molecule is CN=C(NCC1CCN(S(C)(=O)=O)CC1)NCC(C)Oc1ccc(Cl)cc1. The number of nitrogens with zero attached hydrogens (tertiary/aromatic N) is 2. The molecule has 1 aromatic rings. The van der Waals surface area contributed by atoms with E-state index in [1.165, 1.54) is 6.26 Å². The first-order valence-electron chi connectivity index (χ1n) is 9.10. The molecule has 27 heavy (non-hydrogen) atoms. The number of hydrogen-bond donors (Lipinski definition) is 2. The van der Waals surface area contributed by atoms with Crippen LogP contribution in [0.2, 0.25) is 5.02 Å². The van der Waals surface area contributed by atoms with E-state index >= 15 is 0 Å². The molecule has 1 unspecified atom stereocenters. The average molecular weight is 417 g/mol. The van der Waals surface area contributed by atoms with Crippen LogP contribution in [0.25, 0.3) is 0 Å². The van der Waals surface area contributed by atoms with Gasteiger partial charge in [0.15, 0.2) is 5.96 Å². The number of aliphatic imine (C=N–C) groups is 1. The third kappa shape index (κ3) is 7.56. The molecule has 0 aromatic heterocycles. The number of benzene rings is 1. The van der Waals surface area contributed by atoms with Crippen molar-refractivity contribution in [1.82, 2.24) is 14.9 Å². The standard InChI is InChI=1S/C18H29ClN4O3S/c1-14(26-17-6-4-16(19)5-7-17)12-21-18(20-2)22-13-15-8-10-23(11-9-15)27(3,24)25/h4-7,14-15H,8-13H2,1-3H3,(H2,20,21,22). The molecule has 1 aromatic carbocycles. The topological polar surface area (TPSA) is 83.0 Å². The number of rotatable bonds is 7. The molecule has 0 aliphatic carbocycles. The second-order valence-electron chi connectivity index (χ2n) is 6.82. The summed E-state index contributed by atoms with van der Waals surface area (Å²) in [7, 11) is -1.35. The molecule has 2 rings (SSSR count). The maximum Gasteiger partial charge on any atom is 0.211 e.